The Morgan fingerprint density at radius 1 is 1.25 bits per heavy atom. The molecule has 0 fully saturated rings. The molecular weight excluding hydrogens is 407 g/mol. The van der Waals surface area contributed by atoms with Gasteiger partial charge < -0.3 is 11.1 Å². The molecule has 0 aliphatic heterocycles. The first-order valence-corrected chi connectivity index (χ1v) is 7.51. The van der Waals surface area contributed by atoms with Crippen LogP contribution in [0, 0.1) is 3.57 Å². The van der Waals surface area contributed by atoms with Crippen molar-refractivity contribution in [3.05, 3.63) is 62.2 Å². The third-order valence-electron chi connectivity index (χ3n) is 2.62. The van der Waals surface area contributed by atoms with Gasteiger partial charge in [0.1, 0.15) is 4.99 Å². The van der Waals surface area contributed by atoms with Crippen LogP contribution in [-0.4, -0.2) is 10.9 Å². The molecule has 0 atom stereocenters. The van der Waals surface area contributed by atoms with Crippen LogP contribution in [0.4, 0.5) is 5.69 Å². The molecule has 6 heteroatoms. The zero-order valence-corrected chi connectivity index (χ0v) is 13.9. The fourth-order valence-corrected chi connectivity index (χ4v) is 2.59. The molecule has 0 radical (unpaired) electrons. The van der Waals surface area contributed by atoms with Crippen molar-refractivity contribution in [2.24, 2.45) is 5.73 Å². The van der Waals surface area contributed by atoms with Crippen LogP contribution in [0.25, 0.3) is 0 Å². The summed E-state index contributed by atoms with van der Waals surface area (Å²) in [6.45, 7) is 0. The molecule has 0 spiro atoms. The largest absolute Gasteiger partial charge is 0.389 e. The van der Waals surface area contributed by atoms with Crippen LogP contribution in [0.3, 0.4) is 0 Å². The Morgan fingerprint density at radius 2 is 1.95 bits per heavy atom. The maximum atomic E-state index is 12.2. The second-order valence-electron chi connectivity index (χ2n) is 3.99. The molecule has 0 heterocycles. The number of hydrogen-bond acceptors (Lipinski definition) is 2. The van der Waals surface area contributed by atoms with E-state index < -0.39 is 0 Å². The van der Waals surface area contributed by atoms with E-state index in [9.17, 15) is 4.79 Å². The highest BCUT2D eigenvalue weighted by Gasteiger charge is 2.11. The van der Waals surface area contributed by atoms with Gasteiger partial charge in [-0.1, -0.05) is 36.0 Å². The molecule has 0 bridgehead atoms. The number of carbonyl (C=O) groups excluding carboxylic acids is 1. The molecule has 0 aromatic heterocycles. The number of nitrogens with two attached hydrogens (primary N) is 1. The lowest BCUT2D eigenvalue weighted by Gasteiger charge is -2.09. The molecule has 0 unspecified atom stereocenters. The molecule has 0 aliphatic carbocycles. The Balaban J connectivity index is 2.25. The minimum absolute atomic E-state index is 0.208. The average Bonchev–Trinajstić information content (AvgIpc) is 2.41. The lowest BCUT2D eigenvalue weighted by Crippen LogP contribution is -2.14. The Morgan fingerprint density at radius 3 is 2.55 bits per heavy atom. The van der Waals surface area contributed by atoms with Gasteiger partial charge in [0.25, 0.3) is 5.91 Å². The van der Waals surface area contributed by atoms with Gasteiger partial charge in [-0.3, -0.25) is 4.79 Å². The predicted molar refractivity (Wildman–Crippen MR) is 94.5 cm³/mol. The van der Waals surface area contributed by atoms with Crippen LogP contribution in [0.15, 0.2) is 42.5 Å². The number of halogens is 2. The van der Waals surface area contributed by atoms with Gasteiger partial charge in [0.05, 0.1) is 16.3 Å². The topological polar surface area (TPSA) is 55.1 Å². The number of hydrogen-bond donors (Lipinski definition) is 2. The zero-order chi connectivity index (χ0) is 14.7. The summed E-state index contributed by atoms with van der Waals surface area (Å²) in [4.78, 5) is 12.4. The number of rotatable bonds is 3. The number of anilines is 1. The molecule has 3 nitrogen and oxygen atoms in total. The molecule has 0 saturated heterocycles. The highest BCUT2D eigenvalue weighted by atomic mass is 127. The van der Waals surface area contributed by atoms with Crippen molar-refractivity contribution in [3.63, 3.8) is 0 Å². The molecule has 102 valence electrons. The molecular formula is C14H10ClIN2OS. The van der Waals surface area contributed by atoms with Crippen molar-refractivity contribution in [1.82, 2.24) is 0 Å². The summed E-state index contributed by atoms with van der Waals surface area (Å²) in [6.07, 6.45) is 0. The van der Waals surface area contributed by atoms with Gasteiger partial charge in [-0.15, -0.1) is 0 Å². The first kappa shape index (κ1) is 15.2. The van der Waals surface area contributed by atoms with Crippen LogP contribution >= 0.6 is 46.4 Å². The summed E-state index contributed by atoms with van der Waals surface area (Å²) in [5.41, 5.74) is 7.32. The molecule has 1 amide bonds. The van der Waals surface area contributed by atoms with Gasteiger partial charge in [0, 0.05) is 9.13 Å². The molecule has 2 aromatic rings. The number of thiocarbonyl (C=S) groups is 1. The Kier molecular flexibility index (Phi) is 4.95. The van der Waals surface area contributed by atoms with E-state index in [2.05, 4.69) is 27.9 Å². The average molecular weight is 417 g/mol. The van der Waals surface area contributed by atoms with Crippen LogP contribution < -0.4 is 11.1 Å². The lowest BCUT2D eigenvalue weighted by atomic mass is 10.2. The van der Waals surface area contributed by atoms with Crippen molar-refractivity contribution in [2.75, 3.05) is 5.32 Å². The Hall–Kier alpha value is -1.18. The van der Waals surface area contributed by atoms with Crippen LogP contribution in [0.1, 0.15) is 15.9 Å². The highest BCUT2D eigenvalue weighted by molar-refractivity contribution is 14.1. The van der Waals surface area contributed by atoms with E-state index in [1.807, 2.05) is 18.2 Å². The summed E-state index contributed by atoms with van der Waals surface area (Å²) >= 11 is 13.1. The standard InChI is InChI=1S/C14H10ClIN2OS/c15-10-7-8(13(17)20)5-6-12(10)18-14(19)9-3-1-2-4-11(9)16/h1-7H,(H2,17,20)(H,18,19). The van der Waals surface area contributed by atoms with Crippen LogP contribution in [0.2, 0.25) is 5.02 Å². The minimum atomic E-state index is -0.208. The lowest BCUT2D eigenvalue weighted by molar-refractivity contribution is 0.102. The number of amides is 1. The van der Waals surface area contributed by atoms with Crippen molar-refractivity contribution in [1.29, 1.82) is 0 Å². The summed E-state index contributed by atoms with van der Waals surface area (Å²) in [7, 11) is 0. The summed E-state index contributed by atoms with van der Waals surface area (Å²) < 4.78 is 0.874. The third kappa shape index (κ3) is 3.47. The van der Waals surface area contributed by atoms with Crippen molar-refractivity contribution < 1.29 is 4.79 Å². The molecule has 3 N–H and O–H groups in total. The molecule has 0 saturated carbocycles. The maximum absolute atomic E-state index is 12.2. The first-order chi connectivity index (χ1) is 9.49. The fraction of sp³-hybridized carbons (Fsp3) is 0. The predicted octanol–water partition coefficient (Wildman–Crippen LogP) is 3.83. The van der Waals surface area contributed by atoms with E-state index in [0.717, 1.165) is 3.57 Å². The van der Waals surface area contributed by atoms with Crippen molar-refractivity contribution in [3.8, 4) is 0 Å². The second kappa shape index (κ2) is 6.51. The molecule has 20 heavy (non-hydrogen) atoms. The Bertz CT molecular complexity index is 691. The van der Waals surface area contributed by atoms with Crippen LogP contribution in [-0.2, 0) is 0 Å². The van der Waals surface area contributed by atoms with Gasteiger partial charge in [0.2, 0.25) is 0 Å². The van der Waals surface area contributed by atoms with E-state index in [1.54, 1.807) is 24.3 Å². The number of benzene rings is 2. The molecule has 2 aromatic carbocycles. The third-order valence-corrected chi connectivity index (χ3v) is 4.11. The zero-order valence-electron chi connectivity index (χ0n) is 10.2. The SMILES string of the molecule is NC(=S)c1ccc(NC(=O)c2ccccc2I)c(Cl)c1. The van der Waals surface area contributed by atoms with Crippen LogP contribution in [0.5, 0.6) is 0 Å². The van der Waals surface area contributed by atoms with E-state index in [0.29, 0.717) is 21.8 Å². The van der Waals surface area contributed by atoms with Crippen molar-refractivity contribution >= 4 is 63.0 Å². The molecule has 0 aliphatic rings. The monoisotopic (exact) mass is 416 g/mol. The number of nitrogens with one attached hydrogen (secondary N) is 1. The van der Waals surface area contributed by atoms with E-state index in [-0.39, 0.29) is 10.9 Å². The summed E-state index contributed by atoms with van der Waals surface area (Å²) in [5, 5.41) is 3.17. The van der Waals surface area contributed by atoms with E-state index in [1.165, 1.54) is 0 Å². The number of carbonyl (C=O) groups is 1. The van der Waals surface area contributed by atoms with E-state index in [4.69, 9.17) is 29.6 Å². The second-order valence-corrected chi connectivity index (χ2v) is 6.00. The van der Waals surface area contributed by atoms with Gasteiger partial charge >= 0.3 is 0 Å². The van der Waals surface area contributed by atoms with Gasteiger partial charge in [-0.2, -0.15) is 0 Å². The smallest absolute Gasteiger partial charge is 0.256 e. The van der Waals surface area contributed by atoms with Gasteiger partial charge in [-0.25, -0.2) is 0 Å². The normalized spacial score (nSPS) is 10.1. The first-order valence-electron chi connectivity index (χ1n) is 5.64. The summed E-state index contributed by atoms with van der Waals surface area (Å²) in [6, 6.07) is 12.4. The van der Waals surface area contributed by atoms with Gasteiger partial charge in [-0.05, 0) is 52.9 Å². The fourth-order valence-electron chi connectivity index (χ4n) is 1.60. The Labute approximate surface area is 140 Å². The van der Waals surface area contributed by atoms with E-state index >= 15 is 0 Å². The van der Waals surface area contributed by atoms with Crippen molar-refractivity contribution in [2.45, 2.75) is 0 Å². The highest BCUT2D eigenvalue weighted by Crippen LogP contribution is 2.24. The van der Waals surface area contributed by atoms with Gasteiger partial charge in [0.15, 0.2) is 0 Å². The maximum Gasteiger partial charge on any atom is 0.256 e. The molecule has 2 rings (SSSR count). The minimum Gasteiger partial charge on any atom is -0.389 e. The quantitative estimate of drug-likeness (QED) is 0.591. The summed E-state index contributed by atoms with van der Waals surface area (Å²) in [5.74, 6) is -0.208.